The van der Waals surface area contributed by atoms with Crippen molar-refractivity contribution in [3.63, 3.8) is 0 Å². The summed E-state index contributed by atoms with van der Waals surface area (Å²) in [5.41, 5.74) is 4.16. The Morgan fingerprint density at radius 1 is 1.23 bits per heavy atom. The van der Waals surface area contributed by atoms with E-state index >= 15 is 0 Å². The van der Waals surface area contributed by atoms with Gasteiger partial charge in [-0.2, -0.15) is 0 Å². The molecule has 0 spiro atoms. The fourth-order valence-corrected chi connectivity index (χ4v) is 2.61. The molecule has 2 aromatic carbocycles. The first-order valence-electron chi connectivity index (χ1n) is 7.35. The molecule has 0 fully saturated rings. The standard InChI is InChI=1S/C19H19NO2/c1-14(20(2)12-15-6-4-3-5-7-15)16-8-9-17-10-18(21)13-22-19(17)11-16/h3-9,11H,1,10,12-13H2,2H3. The van der Waals surface area contributed by atoms with Gasteiger partial charge in [0.05, 0.1) is 0 Å². The van der Waals surface area contributed by atoms with Crippen LogP contribution in [0.2, 0.25) is 0 Å². The number of rotatable bonds is 4. The Hall–Kier alpha value is -2.55. The number of fused-ring (bicyclic) bond motifs is 1. The van der Waals surface area contributed by atoms with Gasteiger partial charge in [-0.25, -0.2) is 0 Å². The second kappa shape index (κ2) is 6.06. The van der Waals surface area contributed by atoms with Crippen LogP contribution in [0.4, 0.5) is 0 Å². The third-order valence-electron chi connectivity index (χ3n) is 3.90. The second-order valence-electron chi connectivity index (χ2n) is 5.61. The lowest BCUT2D eigenvalue weighted by Gasteiger charge is -2.24. The number of nitrogens with zero attached hydrogens (tertiary/aromatic N) is 1. The van der Waals surface area contributed by atoms with Crippen LogP contribution in [0.3, 0.4) is 0 Å². The average molecular weight is 293 g/mol. The van der Waals surface area contributed by atoms with Crippen LogP contribution in [-0.4, -0.2) is 24.3 Å². The molecule has 0 saturated carbocycles. The monoisotopic (exact) mass is 293 g/mol. The number of benzene rings is 2. The largest absolute Gasteiger partial charge is 0.486 e. The molecule has 22 heavy (non-hydrogen) atoms. The predicted molar refractivity (Wildman–Crippen MR) is 87.6 cm³/mol. The van der Waals surface area contributed by atoms with E-state index in [4.69, 9.17) is 4.74 Å². The molecule has 3 rings (SSSR count). The zero-order valence-electron chi connectivity index (χ0n) is 12.7. The lowest BCUT2D eigenvalue weighted by Crippen LogP contribution is -2.21. The zero-order valence-corrected chi connectivity index (χ0v) is 12.7. The van der Waals surface area contributed by atoms with Crippen molar-refractivity contribution in [1.82, 2.24) is 4.90 Å². The normalized spacial score (nSPS) is 13.2. The predicted octanol–water partition coefficient (Wildman–Crippen LogP) is 3.29. The number of ketones is 1. The molecule has 112 valence electrons. The van der Waals surface area contributed by atoms with Crippen LogP contribution >= 0.6 is 0 Å². The van der Waals surface area contributed by atoms with E-state index in [1.165, 1.54) is 5.56 Å². The Morgan fingerprint density at radius 2 is 2.00 bits per heavy atom. The molecule has 2 aromatic rings. The third kappa shape index (κ3) is 3.03. The summed E-state index contributed by atoms with van der Waals surface area (Å²) in [7, 11) is 2.03. The highest BCUT2D eigenvalue weighted by Crippen LogP contribution is 2.28. The summed E-state index contributed by atoms with van der Waals surface area (Å²) in [5.74, 6) is 0.923. The quantitative estimate of drug-likeness (QED) is 0.866. The lowest BCUT2D eigenvalue weighted by atomic mass is 10.0. The maximum Gasteiger partial charge on any atom is 0.174 e. The summed E-state index contributed by atoms with van der Waals surface area (Å²) in [4.78, 5) is 13.5. The minimum atomic E-state index is 0.125. The van der Waals surface area contributed by atoms with Crippen LogP contribution in [0.25, 0.3) is 5.70 Å². The Morgan fingerprint density at radius 3 is 2.77 bits per heavy atom. The van der Waals surface area contributed by atoms with E-state index in [1.807, 2.05) is 43.4 Å². The number of carbonyl (C=O) groups is 1. The van der Waals surface area contributed by atoms with Crippen molar-refractivity contribution >= 4 is 11.5 Å². The third-order valence-corrected chi connectivity index (χ3v) is 3.90. The van der Waals surface area contributed by atoms with Gasteiger partial charge in [0, 0.05) is 36.8 Å². The van der Waals surface area contributed by atoms with Crippen LogP contribution < -0.4 is 4.74 Å². The number of hydrogen-bond donors (Lipinski definition) is 0. The lowest BCUT2D eigenvalue weighted by molar-refractivity contribution is -0.121. The zero-order chi connectivity index (χ0) is 15.5. The SMILES string of the molecule is C=C(c1ccc2c(c1)OCC(=O)C2)N(C)Cc1ccccc1. The fourth-order valence-electron chi connectivity index (χ4n) is 2.61. The summed E-state index contributed by atoms with van der Waals surface area (Å²) in [6.45, 7) is 5.16. The molecule has 0 bridgehead atoms. The first-order valence-corrected chi connectivity index (χ1v) is 7.35. The molecule has 1 heterocycles. The number of ether oxygens (including phenoxy) is 1. The summed E-state index contributed by atoms with van der Waals surface area (Å²) >= 11 is 0. The molecular formula is C19H19NO2. The van der Waals surface area contributed by atoms with Crippen LogP contribution in [-0.2, 0) is 17.8 Å². The van der Waals surface area contributed by atoms with E-state index in [0.717, 1.165) is 29.1 Å². The first-order chi connectivity index (χ1) is 10.6. The average Bonchev–Trinajstić information content (AvgIpc) is 2.54. The van der Waals surface area contributed by atoms with Crippen LogP contribution in [0.1, 0.15) is 16.7 Å². The van der Waals surface area contributed by atoms with Gasteiger partial charge in [0.2, 0.25) is 0 Å². The van der Waals surface area contributed by atoms with Gasteiger partial charge in [-0.15, -0.1) is 0 Å². The fraction of sp³-hybridized carbons (Fsp3) is 0.211. The molecule has 3 heteroatoms. The van der Waals surface area contributed by atoms with Gasteiger partial charge >= 0.3 is 0 Å². The van der Waals surface area contributed by atoms with Crippen molar-refractivity contribution in [3.05, 3.63) is 71.8 Å². The highest BCUT2D eigenvalue weighted by Gasteiger charge is 2.18. The number of carbonyl (C=O) groups excluding carboxylic acids is 1. The molecule has 0 aliphatic carbocycles. The van der Waals surface area contributed by atoms with E-state index in [9.17, 15) is 4.79 Å². The number of hydrogen-bond acceptors (Lipinski definition) is 3. The van der Waals surface area contributed by atoms with E-state index in [0.29, 0.717) is 6.42 Å². The maximum absolute atomic E-state index is 11.4. The summed E-state index contributed by atoms with van der Waals surface area (Å²) in [6, 6.07) is 16.2. The van der Waals surface area contributed by atoms with Crippen LogP contribution in [0, 0.1) is 0 Å². The van der Waals surface area contributed by atoms with Gasteiger partial charge in [-0.3, -0.25) is 4.79 Å². The van der Waals surface area contributed by atoms with Crippen molar-refractivity contribution in [3.8, 4) is 5.75 Å². The molecule has 1 aliphatic heterocycles. The van der Waals surface area contributed by atoms with Gasteiger partial charge in [0.25, 0.3) is 0 Å². The minimum Gasteiger partial charge on any atom is -0.486 e. The highest BCUT2D eigenvalue weighted by molar-refractivity contribution is 5.85. The molecule has 0 amide bonds. The van der Waals surface area contributed by atoms with Crippen molar-refractivity contribution in [2.75, 3.05) is 13.7 Å². The van der Waals surface area contributed by atoms with Gasteiger partial charge < -0.3 is 9.64 Å². The smallest absolute Gasteiger partial charge is 0.174 e. The first kappa shape index (κ1) is 14.4. The molecule has 0 aromatic heterocycles. The highest BCUT2D eigenvalue weighted by atomic mass is 16.5. The topological polar surface area (TPSA) is 29.5 Å². The van der Waals surface area contributed by atoms with Crippen LogP contribution in [0.5, 0.6) is 5.75 Å². The van der Waals surface area contributed by atoms with Gasteiger partial charge in [0.15, 0.2) is 5.78 Å². The molecule has 0 saturated heterocycles. The molecular weight excluding hydrogens is 274 g/mol. The van der Waals surface area contributed by atoms with Crippen LogP contribution in [0.15, 0.2) is 55.1 Å². The van der Waals surface area contributed by atoms with Gasteiger partial charge in [0.1, 0.15) is 12.4 Å². The Bertz CT molecular complexity index is 707. The minimum absolute atomic E-state index is 0.125. The summed E-state index contributed by atoms with van der Waals surface area (Å²) in [5, 5.41) is 0. The molecule has 1 aliphatic rings. The summed E-state index contributed by atoms with van der Waals surface area (Å²) < 4.78 is 5.52. The summed E-state index contributed by atoms with van der Waals surface area (Å²) in [6.07, 6.45) is 0.460. The van der Waals surface area contributed by atoms with Crippen molar-refractivity contribution < 1.29 is 9.53 Å². The maximum atomic E-state index is 11.4. The van der Waals surface area contributed by atoms with E-state index in [2.05, 4.69) is 23.6 Å². The van der Waals surface area contributed by atoms with Crippen molar-refractivity contribution in [1.29, 1.82) is 0 Å². The molecule has 0 unspecified atom stereocenters. The molecule has 0 radical (unpaired) electrons. The van der Waals surface area contributed by atoms with E-state index < -0.39 is 0 Å². The molecule has 0 N–H and O–H groups in total. The van der Waals surface area contributed by atoms with Gasteiger partial charge in [-0.05, 0) is 11.6 Å². The second-order valence-corrected chi connectivity index (χ2v) is 5.61. The molecule has 3 nitrogen and oxygen atoms in total. The van der Waals surface area contributed by atoms with Gasteiger partial charge in [-0.1, -0.05) is 49.0 Å². The Kier molecular flexibility index (Phi) is 3.96. The Labute approximate surface area is 130 Å². The van der Waals surface area contributed by atoms with E-state index in [-0.39, 0.29) is 12.4 Å². The Balaban J connectivity index is 1.76. The van der Waals surface area contributed by atoms with E-state index in [1.54, 1.807) is 0 Å². The van der Waals surface area contributed by atoms with Crippen molar-refractivity contribution in [2.24, 2.45) is 0 Å². The van der Waals surface area contributed by atoms with Crippen molar-refractivity contribution in [2.45, 2.75) is 13.0 Å². The number of Topliss-reactive ketones (excluding diaryl/α,β-unsaturated/α-hetero) is 1. The molecule has 0 atom stereocenters.